The van der Waals surface area contributed by atoms with E-state index in [2.05, 4.69) is 10.3 Å². The molecular weight excluding hydrogens is 240 g/mol. The Balaban J connectivity index is 2.55. The van der Waals surface area contributed by atoms with Crippen molar-refractivity contribution in [2.45, 2.75) is 19.9 Å². The summed E-state index contributed by atoms with van der Waals surface area (Å²) in [5.74, 6) is 0. The third-order valence-electron chi connectivity index (χ3n) is 2.85. The molecule has 6 nitrogen and oxygen atoms in total. The highest BCUT2D eigenvalue weighted by Crippen LogP contribution is 2.18. The molecule has 0 aliphatic carbocycles. The number of aromatic nitrogens is 3. The molecule has 1 aromatic heterocycles. The molecule has 1 aromatic carbocycles. The van der Waals surface area contributed by atoms with Crippen molar-refractivity contribution in [1.82, 2.24) is 15.0 Å². The van der Waals surface area contributed by atoms with Crippen LogP contribution in [0.1, 0.15) is 35.5 Å². The van der Waals surface area contributed by atoms with Crippen LogP contribution in [0.4, 0.5) is 0 Å². The molecule has 1 unspecified atom stereocenters. The highest BCUT2D eigenvalue weighted by atomic mass is 15.4. The number of nitrogens with two attached hydrogens (primary N) is 1. The van der Waals surface area contributed by atoms with Crippen LogP contribution in [-0.4, -0.2) is 15.0 Å². The second kappa shape index (κ2) is 4.89. The maximum atomic E-state index is 9.02. The van der Waals surface area contributed by atoms with E-state index in [0.717, 1.165) is 5.69 Å². The number of rotatable bonds is 2. The predicted octanol–water partition coefficient (Wildman–Crippen LogP) is 1.34. The van der Waals surface area contributed by atoms with E-state index >= 15 is 0 Å². The van der Waals surface area contributed by atoms with Crippen molar-refractivity contribution in [3.63, 3.8) is 0 Å². The molecule has 94 valence electrons. The van der Waals surface area contributed by atoms with Crippen LogP contribution in [0.15, 0.2) is 18.2 Å². The first-order valence-corrected chi connectivity index (χ1v) is 5.71. The van der Waals surface area contributed by atoms with Crippen molar-refractivity contribution in [3.05, 3.63) is 40.7 Å². The van der Waals surface area contributed by atoms with E-state index in [4.69, 9.17) is 16.3 Å². The Morgan fingerprint density at radius 3 is 2.47 bits per heavy atom. The number of nitrogens with zero attached hydrogens (tertiary/aromatic N) is 5. The van der Waals surface area contributed by atoms with Crippen LogP contribution < -0.4 is 5.73 Å². The maximum absolute atomic E-state index is 9.02. The lowest BCUT2D eigenvalue weighted by atomic mass is 10.1. The molecule has 0 radical (unpaired) electrons. The molecule has 0 saturated heterocycles. The lowest BCUT2D eigenvalue weighted by Gasteiger charge is -2.06. The Morgan fingerprint density at radius 2 is 1.95 bits per heavy atom. The summed E-state index contributed by atoms with van der Waals surface area (Å²) >= 11 is 0. The number of hydrogen-bond donors (Lipinski definition) is 1. The molecule has 0 aliphatic heterocycles. The Morgan fingerprint density at radius 1 is 1.26 bits per heavy atom. The van der Waals surface area contributed by atoms with Crippen LogP contribution in [0.3, 0.4) is 0 Å². The van der Waals surface area contributed by atoms with Gasteiger partial charge in [0.2, 0.25) is 0 Å². The second-order valence-corrected chi connectivity index (χ2v) is 4.21. The van der Waals surface area contributed by atoms with Crippen LogP contribution in [0.5, 0.6) is 0 Å². The molecule has 0 aliphatic rings. The molecule has 0 spiro atoms. The van der Waals surface area contributed by atoms with Crippen LogP contribution in [0, 0.1) is 29.6 Å². The van der Waals surface area contributed by atoms with Crippen LogP contribution in [0.25, 0.3) is 5.69 Å². The average Bonchev–Trinajstić information content (AvgIpc) is 2.80. The minimum Gasteiger partial charge on any atom is -0.323 e. The first kappa shape index (κ1) is 12.7. The predicted molar refractivity (Wildman–Crippen MR) is 68.1 cm³/mol. The fourth-order valence-corrected chi connectivity index (χ4v) is 1.86. The average molecular weight is 252 g/mol. The highest BCUT2D eigenvalue weighted by molar-refractivity contribution is 5.51. The van der Waals surface area contributed by atoms with Crippen molar-refractivity contribution >= 4 is 0 Å². The van der Waals surface area contributed by atoms with Crippen LogP contribution in [0.2, 0.25) is 0 Å². The van der Waals surface area contributed by atoms with Gasteiger partial charge in [-0.2, -0.15) is 10.5 Å². The van der Waals surface area contributed by atoms with Crippen LogP contribution >= 0.6 is 0 Å². The number of hydrogen-bond acceptors (Lipinski definition) is 5. The maximum Gasteiger partial charge on any atom is 0.102 e. The quantitative estimate of drug-likeness (QED) is 0.868. The van der Waals surface area contributed by atoms with Crippen molar-refractivity contribution in [2.24, 2.45) is 5.73 Å². The van der Waals surface area contributed by atoms with Gasteiger partial charge in [0.25, 0.3) is 0 Å². The van der Waals surface area contributed by atoms with Gasteiger partial charge in [-0.3, -0.25) is 0 Å². The normalized spacial score (nSPS) is 11.6. The van der Waals surface area contributed by atoms with Gasteiger partial charge in [-0.15, -0.1) is 5.10 Å². The summed E-state index contributed by atoms with van der Waals surface area (Å²) in [6, 6.07) is 8.71. The molecule has 2 aromatic rings. The lowest BCUT2D eigenvalue weighted by Crippen LogP contribution is -2.08. The standard InChI is InChI=1S/C13H12N6/c1-8(16)13-9(2)19(18-17-13)12-4-3-10(6-14)11(5-12)7-15/h3-5,8H,16H2,1-2H3. The molecule has 1 atom stereocenters. The van der Waals surface area contributed by atoms with Gasteiger partial charge in [-0.25, -0.2) is 4.68 Å². The fraction of sp³-hybridized carbons (Fsp3) is 0.231. The van der Waals surface area contributed by atoms with Crippen molar-refractivity contribution < 1.29 is 0 Å². The zero-order chi connectivity index (χ0) is 14.0. The molecule has 2 N–H and O–H groups in total. The summed E-state index contributed by atoms with van der Waals surface area (Å²) in [6.07, 6.45) is 0. The third kappa shape index (κ3) is 2.17. The zero-order valence-corrected chi connectivity index (χ0v) is 10.6. The molecular formula is C13H12N6. The topological polar surface area (TPSA) is 104 Å². The Kier molecular flexibility index (Phi) is 3.28. The van der Waals surface area contributed by atoms with E-state index in [1.54, 1.807) is 22.9 Å². The van der Waals surface area contributed by atoms with Crippen molar-refractivity contribution in [1.29, 1.82) is 10.5 Å². The van der Waals surface area contributed by atoms with E-state index in [1.165, 1.54) is 0 Å². The zero-order valence-electron chi connectivity index (χ0n) is 10.6. The summed E-state index contributed by atoms with van der Waals surface area (Å²) in [5.41, 5.74) is 8.68. The first-order valence-electron chi connectivity index (χ1n) is 5.71. The van der Waals surface area contributed by atoms with E-state index in [-0.39, 0.29) is 6.04 Å². The molecule has 0 saturated carbocycles. The highest BCUT2D eigenvalue weighted by Gasteiger charge is 2.14. The van der Waals surface area contributed by atoms with E-state index in [9.17, 15) is 0 Å². The Hall–Kier alpha value is -2.70. The SMILES string of the molecule is Cc1c(C(C)N)nnn1-c1ccc(C#N)c(C#N)c1. The lowest BCUT2D eigenvalue weighted by molar-refractivity contribution is 0.756. The largest absolute Gasteiger partial charge is 0.323 e. The molecule has 0 amide bonds. The van der Waals surface area contributed by atoms with Gasteiger partial charge < -0.3 is 5.73 Å². The molecule has 0 bridgehead atoms. The number of benzene rings is 1. The van der Waals surface area contributed by atoms with E-state index < -0.39 is 0 Å². The van der Waals surface area contributed by atoms with Crippen LogP contribution in [-0.2, 0) is 0 Å². The minimum atomic E-state index is -0.206. The summed E-state index contributed by atoms with van der Waals surface area (Å²) in [5, 5.41) is 26.0. The van der Waals surface area contributed by atoms with Gasteiger partial charge in [0.1, 0.15) is 17.8 Å². The minimum absolute atomic E-state index is 0.206. The fourth-order valence-electron chi connectivity index (χ4n) is 1.86. The van der Waals surface area contributed by atoms with Gasteiger partial charge in [0.15, 0.2) is 0 Å². The molecule has 19 heavy (non-hydrogen) atoms. The van der Waals surface area contributed by atoms with E-state index in [0.29, 0.717) is 22.5 Å². The first-order chi connectivity index (χ1) is 9.08. The van der Waals surface area contributed by atoms with Gasteiger partial charge in [0, 0.05) is 6.04 Å². The smallest absolute Gasteiger partial charge is 0.102 e. The monoisotopic (exact) mass is 252 g/mol. The van der Waals surface area contributed by atoms with Gasteiger partial charge in [0.05, 0.1) is 22.5 Å². The summed E-state index contributed by atoms with van der Waals surface area (Å²) in [4.78, 5) is 0. The third-order valence-corrected chi connectivity index (χ3v) is 2.85. The molecule has 1 heterocycles. The van der Waals surface area contributed by atoms with Crippen molar-refractivity contribution in [2.75, 3.05) is 0 Å². The number of nitriles is 2. The summed E-state index contributed by atoms with van der Waals surface area (Å²) < 4.78 is 1.61. The molecule has 6 heteroatoms. The van der Waals surface area contributed by atoms with E-state index in [1.807, 2.05) is 26.0 Å². The summed E-state index contributed by atoms with van der Waals surface area (Å²) in [6.45, 7) is 3.70. The summed E-state index contributed by atoms with van der Waals surface area (Å²) in [7, 11) is 0. The van der Waals surface area contributed by atoms with Gasteiger partial charge in [-0.1, -0.05) is 5.21 Å². The van der Waals surface area contributed by atoms with Crippen molar-refractivity contribution in [3.8, 4) is 17.8 Å². The second-order valence-electron chi connectivity index (χ2n) is 4.21. The Labute approximate surface area is 110 Å². The molecule has 0 fully saturated rings. The van der Waals surface area contributed by atoms with Gasteiger partial charge in [-0.05, 0) is 32.0 Å². The Bertz CT molecular complexity index is 699. The molecule has 2 rings (SSSR count). The van der Waals surface area contributed by atoms with Gasteiger partial charge >= 0.3 is 0 Å².